The molecule has 2 atom stereocenters. The van der Waals surface area contributed by atoms with Crippen molar-refractivity contribution in [2.24, 2.45) is 0 Å². The molecule has 1 fully saturated rings. The number of anilines is 1. The Morgan fingerprint density at radius 2 is 1.70 bits per heavy atom. The molecule has 0 spiro atoms. The molecule has 0 bridgehead atoms. The van der Waals surface area contributed by atoms with Crippen LogP contribution in [0.25, 0.3) is 0 Å². The zero-order valence-electron chi connectivity index (χ0n) is 16.1. The second-order valence-electron chi connectivity index (χ2n) is 7.34. The second kappa shape index (κ2) is 8.49. The van der Waals surface area contributed by atoms with Crippen LogP contribution in [-0.2, 0) is 12.1 Å². The Bertz CT molecular complexity index is 878. The number of hydrogen-bond donors (Lipinski definition) is 2. The zero-order valence-corrected chi connectivity index (χ0v) is 16.1. The van der Waals surface area contributed by atoms with E-state index in [1.165, 1.54) is 36.4 Å². The van der Waals surface area contributed by atoms with Crippen molar-refractivity contribution in [2.75, 3.05) is 5.32 Å². The molecule has 0 unspecified atom stereocenters. The van der Waals surface area contributed by atoms with Gasteiger partial charge in [0.05, 0.1) is 5.56 Å². The first kappa shape index (κ1) is 21.9. The van der Waals surface area contributed by atoms with Gasteiger partial charge < -0.3 is 15.4 Å². The third-order valence-corrected chi connectivity index (χ3v) is 4.83. The van der Waals surface area contributed by atoms with Gasteiger partial charge in [0.1, 0.15) is 11.9 Å². The number of ether oxygens (including phenoxy) is 1. The summed E-state index contributed by atoms with van der Waals surface area (Å²) in [6.07, 6.45) is -2.90. The summed E-state index contributed by atoms with van der Waals surface area (Å²) < 4.78 is 70.6. The van der Waals surface area contributed by atoms with E-state index < -0.39 is 23.7 Å². The van der Waals surface area contributed by atoms with Crippen LogP contribution in [0.5, 0.6) is 5.75 Å². The van der Waals surface area contributed by atoms with Crippen molar-refractivity contribution in [3.63, 3.8) is 0 Å². The van der Waals surface area contributed by atoms with Crippen molar-refractivity contribution in [2.45, 2.75) is 50.4 Å². The Hall–Kier alpha value is -2.84. The van der Waals surface area contributed by atoms with E-state index in [4.69, 9.17) is 4.74 Å². The van der Waals surface area contributed by atoms with E-state index in [9.17, 15) is 26.7 Å². The SMILES string of the molecule is CC(F)(F)c1ccc(O[C@H]2CC[C@H](NC(=O)Nc3cccc(C(F)(F)F)c3)C2)cc1. The molecule has 1 saturated carbocycles. The Balaban J connectivity index is 1.49. The van der Waals surface area contributed by atoms with Gasteiger partial charge in [-0.25, -0.2) is 13.6 Å². The molecule has 2 amide bonds. The third kappa shape index (κ3) is 5.84. The minimum absolute atomic E-state index is 0.0425. The average Bonchev–Trinajstić information content (AvgIpc) is 3.07. The Morgan fingerprint density at radius 3 is 2.33 bits per heavy atom. The number of benzene rings is 2. The highest BCUT2D eigenvalue weighted by Gasteiger charge is 2.31. The number of hydrogen-bond acceptors (Lipinski definition) is 2. The maximum atomic E-state index is 13.3. The fraction of sp³-hybridized carbons (Fsp3) is 0.381. The maximum Gasteiger partial charge on any atom is 0.416 e. The molecule has 0 aromatic heterocycles. The molecule has 2 aromatic carbocycles. The first-order valence-corrected chi connectivity index (χ1v) is 9.40. The van der Waals surface area contributed by atoms with Crippen LogP contribution >= 0.6 is 0 Å². The van der Waals surface area contributed by atoms with Gasteiger partial charge in [-0.15, -0.1) is 0 Å². The van der Waals surface area contributed by atoms with Crippen LogP contribution in [0.4, 0.5) is 32.4 Å². The van der Waals surface area contributed by atoms with E-state index in [1.807, 2.05) is 0 Å². The molecule has 2 aromatic rings. The summed E-state index contributed by atoms with van der Waals surface area (Å²) in [6, 6.07) is 9.15. The van der Waals surface area contributed by atoms with Crippen molar-refractivity contribution >= 4 is 11.7 Å². The van der Waals surface area contributed by atoms with Crippen LogP contribution in [0.15, 0.2) is 48.5 Å². The predicted molar refractivity (Wildman–Crippen MR) is 102 cm³/mol. The highest BCUT2D eigenvalue weighted by atomic mass is 19.4. The van der Waals surface area contributed by atoms with E-state index >= 15 is 0 Å². The van der Waals surface area contributed by atoms with Crippen molar-refractivity contribution in [1.82, 2.24) is 5.32 Å². The number of rotatable bonds is 5. The molecule has 162 valence electrons. The molecule has 1 aliphatic rings. The summed E-state index contributed by atoms with van der Waals surface area (Å²) >= 11 is 0. The molecule has 0 radical (unpaired) electrons. The lowest BCUT2D eigenvalue weighted by molar-refractivity contribution is -0.137. The van der Waals surface area contributed by atoms with Gasteiger partial charge in [0, 0.05) is 30.6 Å². The lowest BCUT2D eigenvalue weighted by Gasteiger charge is -2.17. The molecule has 2 N–H and O–H groups in total. The third-order valence-electron chi connectivity index (χ3n) is 4.83. The van der Waals surface area contributed by atoms with Gasteiger partial charge in [0.25, 0.3) is 5.92 Å². The van der Waals surface area contributed by atoms with E-state index in [0.29, 0.717) is 25.0 Å². The number of halogens is 5. The fourth-order valence-corrected chi connectivity index (χ4v) is 3.32. The van der Waals surface area contributed by atoms with Crippen LogP contribution in [0, 0.1) is 0 Å². The fourth-order valence-electron chi connectivity index (χ4n) is 3.32. The van der Waals surface area contributed by atoms with E-state index in [2.05, 4.69) is 10.6 Å². The summed E-state index contributed by atoms with van der Waals surface area (Å²) in [4.78, 5) is 12.1. The number of carbonyl (C=O) groups excluding carboxylic acids is 1. The molecule has 30 heavy (non-hydrogen) atoms. The summed E-state index contributed by atoms with van der Waals surface area (Å²) in [6.45, 7) is 0.820. The second-order valence-corrected chi connectivity index (χ2v) is 7.34. The van der Waals surface area contributed by atoms with Crippen LogP contribution in [0.1, 0.15) is 37.3 Å². The lowest BCUT2D eigenvalue weighted by atomic mass is 10.1. The van der Waals surface area contributed by atoms with Crippen LogP contribution in [-0.4, -0.2) is 18.2 Å². The zero-order chi connectivity index (χ0) is 21.9. The lowest BCUT2D eigenvalue weighted by Crippen LogP contribution is -2.37. The smallest absolute Gasteiger partial charge is 0.416 e. The predicted octanol–water partition coefficient (Wildman–Crippen LogP) is 5.94. The van der Waals surface area contributed by atoms with Crippen molar-refractivity contribution < 1.29 is 31.5 Å². The number of nitrogens with one attached hydrogen (secondary N) is 2. The first-order chi connectivity index (χ1) is 14.0. The molecule has 4 nitrogen and oxygen atoms in total. The van der Waals surface area contributed by atoms with E-state index in [-0.39, 0.29) is 23.4 Å². The number of alkyl halides is 5. The number of carbonyl (C=O) groups is 1. The quantitative estimate of drug-likeness (QED) is 0.579. The monoisotopic (exact) mass is 428 g/mol. The minimum Gasteiger partial charge on any atom is -0.490 e. The molecule has 3 rings (SSSR count). The van der Waals surface area contributed by atoms with Gasteiger partial charge in [0.2, 0.25) is 0 Å². The minimum atomic E-state index is -4.49. The Labute approximate surface area is 170 Å². The molecule has 0 heterocycles. The van der Waals surface area contributed by atoms with Gasteiger partial charge in [-0.3, -0.25) is 0 Å². The first-order valence-electron chi connectivity index (χ1n) is 9.40. The highest BCUT2D eigenvalue weighted by Crippen LogP contribution is 2.31. The summed E-state index contributed by atoms with van der Waals surface area (Å²) in [7, 11) is 0. The van der Waals surface area contributed by atoms with Crippen LogP contribution in [0.2, 0.25) is 0 Å². The van der Waals surface area contributed by atoms with Gasteiger partial charge in [-0.05, 0) is 55.3 Å². The highest BCUT2D eigenvalue weighted by molar-refractivity contribution is 5.89. The van der Waals surface area contributed by atoms with Crippen molar-refractivity contribution in [3.05, 3.63) is 59.7 Å². The Kier molecular flexibility index (Phi) is 6.19. The molecular weight excluding hydrogens is 407 g/mol. The van der Waals surface area contributed by atoms with Gasteiger partial charge in [0.15, 0.2) is 0 Å². The molecule has 9 heteroatoms. The van der Waals surface area contributed by atoms with Crippen LogP contribution in [0.3, 0.4) is 0 Å². The standard InChI is InChI=1S/C21H21F5N2O2/c1-20(22,23)13-5-8-17(9-6-13)30-18-10-7-16(12-18)28-19(29)27-15-4-2-3-14(11-15)21(24,25)26/h2-6,8-9,11,16,18H,7,10,12H2,1H3,(H2,27,28,29)/t16-,18-/m0/s1. The normalized spacial score (nSPS) is 19.4. The maximum absolute atomic E-state index is 13.3. The molecule has 0 saturated heterocycles. The van der Waals surface area contributed by atoms with Gasteiger partial charge in [-0.2, -0.15) is 13.2 Å². The summed E-state index contributed by atoms with van der Waals surface area (Å²) in [5.74, 6) is -2.46. The van der Waals surface area contributed by atoms with E-state index in [0.717, 1.165) is 19.1 Å². The summed E-state index contributed by atoms with van der Waals surface area (Å²) in [5, 5.41) is 5.12. The summed E-state index contributed by atoms with van der Waals surface area (Å²) in [5.41, 5.74) is -0.908. The largest absolute Gasteiger partial charge is 0.490 e. The molecule has 1 aliphatic carbocycles. The Morgan fingerprint density at radius 1 is 1.00 bits per heavy atom. The van der Waals surface area contributed by atoms with Crippen molar-refractivity contribution in [3.8, 4) is 5.75 Å². The average molecular weight is 428 g/mol. The van der Waals surface area contributed by atoms with Crippen molar-refractivity contribution in [1.29, 1.82) is 0 Å². The topological polar surface area (TPSA) is 50.4 Å². The van der Waals surface area contributed by atoms with Gasteiger partial charge >= 0.3 is 12.2 Å². The van der Waals surface area contributed by atoms with E-state index in [1.54, 1.807) is 0 Å². The molecule has 0 aliphatic heterocycles. The number of amides is 2. The number of urea groups is 1. The molecular formula is C21H21F5N2O2. The van der Waals surface area contributed by atoms with Crippen LogP contribution < -0.4 is 15.4 Å². The van der Waals surface area contributed by atoms with Gasteiger partial charge in [-0.1, -0.05) is 6.07 Å².